The number of hydrogen-bond acceptors (Lipinski definition) is 8. The van der Waals surface area contributed by atoms with Crippen molar-refractivity contribution in [3.05, 3.63) is 40.6 Å². The molecule has 152 valence electrons. The molecule has 1 saturated carbocycles. The second-order valence-corrected chi connectivity index (χ2v) is 9.42. The number of para-hydroxylation sites is 1. The van der Waals surface area contributed by atoms with Crippen molar-refractivity contribution in [3.63, 3.8) is 0 Å². The number of amides is 1. The summed E-state index contributed by atoms with van der Waals surface area (Å²) >= 11 is 3.02. The van der Waals surface area contributed by atoms with Crippen LogP contribution < -0.4 is 5.32 Å². The molecule has 0 unspecified atom stereocenters. The Balaban J connectivity index is 1.65. The summed E-state index contributed by atoms with van der Waals surface area (Å²) in [6, 6.07) is 7.55. The fraction of sp³-hybridized carbons (Fsp3) is 0.400. The fourth-order valence-electron chi connectivity index (χ4n) is 3.72. The number of rotatable bonds is 6. The first-order valence-electron chi connectivity index (χ1n) is 9.37. The summed E-state index contributed by atoms with van der Waals surface area (Å²) in [5.41, 5.74) is 0.445. The molecule has 1 amide bonds. The minimum atomic E-state index is -0.981. The zero-order chi connectivity index (χ0) is 20.4. The van der Waals surface area contributed by atoms with Gasteiger partial charge in [0.1, 0.15) is 16.1 Å². The lowest BCUT2D eigenvalue weighted by molar-refractivity contribution is -0.148. The monoisotopic (exact) mass is 431 g/mol. The van der Waals surface area contributed by atoms with Crippen molar-refractivity contribution in [2.45, 2.75) is 48.2 Å². The number of benzene rings is 1. The van der Waals surface area contributed by atoms with Gasteiger partial charge >= 0.3 is 5.97 Å². The van der Waals surface area contributed by atoms with E-state index in [0.29, 0.717) is 24.2 Å². The van der Waals surface area contributed by atoms with Crippen LogP contribution in [-0.2, 0) is 15.3 Å². The molecule has 1 aliphatic carbocycles. The highest BCUT2D eigenvalue weighted by atomic mass is 32.2. The third kappa shape index (κ3) is 3.89. The lowest BCUT2D eigenvalue weighted by atomic mass is 9.97. The van der Waals surface area contributed by atoms with E-state index in [9.17, 15) is 9.59 Å². The van der Waals surface area contributed by atoms with Gasteiger partial charge in [-0.25, -0.2) is 4.79 Å². The second kappa shape index (κ2) is 8.16. The van der Waals surface area contributed by atoms with Crippen LogP contribution in [0.2, 0.25) is 0 Å². The fourth-order valence-corrected chi connectivity index (χ4v) is 5.57. The van der Waals surface area contributed by atoms with Crippen LogP contribution >= 0.6 is 23.1 Å². The molecule has 0 radical (unpaired) electrons. The van der Waals surface area contributed by atoms with Crippen LogP contribution in [-0.4, -0.2) is 34.7 Å². The SMILES string of the molecule is COC(=O)C1(NC(=O)c2oc3ccccc3c2CSc2nnc(C)s2)CCCC1. The average molecular weight is 432 g/mol. The van der Waals surface area contributed by atoms with Gasteiger partial charge < -0.3 is 14.5 Å². The van der Waals surface area contributed by atoms with E-state index < -0.39 is 17.4 Å². The number of ether oxygens (including phenoxy) is 1. The third-order valence-corrected chi connectivity index (χ3v) is 7.14. The maximum atomic E-state index is 13.2. The summed E-state index contributed by atoms with van der Waals surface area (Å²) in [5, 5.41) is 12.9. The van der Waals surface area contributed by atoms with Crippen LogP contribution in [0.1, 0.15) is 46.8 Å². The first-order chi connectivity index (χ1) is 14.0. The van der Waals surface area contributed by atoms with Gasteiger partial charge in [-0.05, 0) is 25.8 Å². The maximum Gasteiger partial charge on any atom is 0.331 e. The van der Waals surface area contributed by atoms with Gasteiger partial charge in [0.05, 0.1) is 7.11 Å². The van der Waals surface area contributed by atoms with Crippen molar-refractivity contribution in [2.24, 2.45) is 0 Å². The number of nitrogens with zero attached hydrogens (tertiary/aromatic N) is 2. The Kier molecular flexibility index (Phi) is 5.60. The normalized spacial score (nSPS) is 15.5. The smallest absolute Gasteiger partial charge is 0.331 e. The topological polar surface area (TPSA) is 94.3 Å². The first kappa shape index (κ1) is 19.9. The Hall–Kier alpha value is -2.39. The van der Waals surface area contributed by atoms with E-state index in [-0.39, 0.29) is 5.76 Å². The number of aromatic nitrogens is 2. The van der Waals surface area contributed by atoms with Crippen molar-refractivity contribution < 1.29 is 18.7 Å². The van der Waals surface area contributed by atoms with Crippen LogP contribution in [0, 0.1) is 6.92 Å². The molecule has 9 heteroatoms. The van der Waals surface area contributed by atoms with Gasteiger partial charge in [0.2, 0.25) is 0 Å². The van der Waals surface area contributed by atoms with E-state index in [1.165, 1.54) is 30.2 Å². The number of carbonyl (C=O) groups is 2. The highest BCUT2D eigenvalue weighted by Crippen LogP contribution is 2.35. The minimum absolute atomic E-state index is 0.232. The molecule has 7 nitrogen and oxygen atoms in total. The van der Waals surface area contributed by atoms with Gasteiger partial charge in [-0.2, -0.15) is 0 Å². The molecule has 1 N–H and O–H groups in total. The molecule has 1 fully saturated rings. The van der Waals surface area contributed by atoms with Crippen LogP contribution in [0.15, 0.2) is 33.0 Å². The van der Waals surface area contributed by atoms with Crippen LogP contribution in [0.25, 0.3) is 11.0 Å². The molecule has 3 aromatic rings. The molecular weight excluding hydrogens is 410 g/mol. The number of methoxy groups -OCH3 is 1. The Morgan fingerprint density at radius 1 is 1.28 bits per heavy atom. The van der Waals surface area contributed by atoms with Crippen molar-refractivity contribution in [3.8, 4) is 0 Å². The summed E-state index contributed by atoms with van der Waals surface area (Å²) in [5.74, 6) is -0.0491. The van der Waals surface area contributed by atoms with Crippen LogP contribution in [0.4, 0.5) is 0 Å². The van der Waals surface area contributed by atoms with E-state index in [1.807, 2.05) is 31.2 Å². The average Bonchev–Trinajstić information content (AvgIpc) is 3.44. The van der Waals surface area contributed by atoms with Crippen molar-refractivity contribution in [2.75, 3.05) is 7.11 Å². The predicted molar refractivity (Wildman–Crippen MR) is 111 cm³/mol. The van der Waals surface area contributed by atoms with Crippen LogP contribution in [0.5, 0.6) is 0 Å². The number of nitrogens with one attached hydrogen (secondary N) is 1. The largest absolute Gasteiger partial charge is 0.467 e. The number of esters is 1. The first-order valence-corrected chi connectivity index (χ1v) is 11.2. The molecule has 0 spiro atoms. The molecule has 1 aromatic carbocycles. The number of fused-ring (bicyclic) bond motifs is 1. The highest BCUT2D eigenvalue weighted by molar-refractivity contribution is 8.00. The van der Waals surface area contributed by atoms with Gasteiger partial charge in [0.25, 0.3) is 5.91 Å². The molecule has 0 saturated heterocycles. The third-order valence-electron chi connectivity index (χ3n) is 5.14. The lowest BCUT2D eigenvalue weighted by Crippen LogP contribution is -2.53. The highest BCUT2D eigenvalue weighted by Gasteiger charge is 2.44. The van der Waals surface area contributed by atoms with Gasteiger partial charge in [-0.3, -0.25) is 4.79 Å². The van der Waals surface area contributed by atoms with Gasteiger partial charge in [-0.15, -0.1) is 10.2 Å². The van der Waals surface area contributed by atoms with Crippen LogP contribution in [0.3, 0.4) is 0 Å². The van der Waals surface area contributed by atoms with Gasteiger partial charge in [0, 0.05) is 16.7 Å². The molecule has 2 aromatic heterocycles. The Morgan fingerprint density at radius 3 is 2.72 bits per heavy atom. The standard InChI is InChI=1S/C20H21N3O4S2/c1-12-22-23-19(29-12)28-11-14-13-7-3-4-8-15(13)27-16(14)17(24)21-20(18(25)26-2)9-5-6-10-20/h3-4,7-8H,5-6,9-11H2,1-2H3,(H,21,24). The van der Waals surface area contributed by atoms with Crippen molar-refractivity contribution in [1.29, 1.82) is 0 Å². The van der Waals surface area contributed by atoms with Crippen molar-refractivity contribution >= 4 is 45.9 Å². The Bertz CT molecular complexity index is 1050. The van der Waals surface area contributed by atoms with E-state index in [2.05, 4.69) is 15.5 Å². The predicted octanol–water partition coefficient (Wildman–Crippen LogP) is 4.10. The molecule has 1 aliphatic rings. The van der Waals surface area contributed by atoms with E-state index in [0.717, 1.165) is 33.1 Å². The number of thioether (sulfide) groups is 1. The lowest BCUT2D eigenvalue weighted by Gasteiger charge is -2.26. The van der Waals surface area contributed by atoms with Gasteiger partial charge in [-0.1, -0.05) is 54.1 Å². The minimum Gasteiger partial charge on any atom is -0.467 e. The zero-order valence-electron chi connectivity index (χ0n) is 16.2. The van der Waals surface area contributed by atoms with Gasteiger partial charge in [0.15, 0.2) is 10.1 Å². The van der Waals surface area contributed by atoms with E-state index in [1.54, 1.807) is 0 Å². The Morgan fingerprint density at radius 2 is 2.03 bits per heavy atom. The number of carbonyl (C=O) groups excluding carboxylic acids is 2. The zero-order valence-corrected chi connectivity index (χ0v) is 17.8. The van der Waals surface area contributed by atoms with Crippen molar-refractivity contribution in [1.82, 2.24) is 15.5 Å². The summed E-state index contributed by atoms with van der Waals surface area (Å²) < 4.78 is 11.7. The molecule has 2 heterocycles. The molecule has 0 bridgehead atoms. The molecule has 0 aliphatic heterocycles. The number of furan rings is 1. The Labute approximate surface area is 176 Å². The van der Waals surface area contributed by atoms with E-state index >= 15 is 0 Å². The summed E-state index contributed by atoms with van der Waals surface area (Å²) in [7, 11) is 1.35. The summed E-state index contributed by atoms with van der Waals surface area (Å²) in [4.78, 5) is 25.6. The van der Waals surface area contributed by atoms with E-state index in [4.69, 9.17) is 9.15 Å². The maximum absolute atomic E-state index is 13.2. The molecule has 29 heavy (non-hydrogen) atoms. The quantitative estimate of drug-likeness (QED) is 0.464. The summed E-state index contributed by atoms with van der Waals surface area (Å²) in [6.07, 6.45) is 2.88. The summed E-state index contributed by atoms with van der Waals surface area (Å²) in [6.45, 7) is 1.90. The molecular formula is C20H21N3O4S2. The molecule has 0 atom stereocenters. The number of aryl methyl sites for hydroxylation is 1. The number of hydrogen-bond donors (Lipinski definition) is 1. The second-order valence-electron chi connectivity index (χ2n) is 7.02. The molecule has 4 rings (SSSR count).